The van der Waals surface area contributed by atoms with E-state index >= 15 is 0 Å². The van der Waals surface area contributed by atoms with Crippen molar-refractivity contribution in [3.63, 3.8) is 0 Å². The zero-order valence-electron chi connectivity index (χ0n) is 4.02. The second-order valence-electron chi connectivity index (χ2n) is 1.06. The van der Waals surface area contributed by atoms with Gasteiger partial charge >= 0.3 is 0 Å². The van der Waals surface area contributed by atoms with E-state index in [2.05, 4.69) is 4.99 Å². The highest BCUT2D eigenvalue weighted by atomic mass is 15.0. The molecule has 0 aliphatic carbocycles. The highest BCUT2D eigenvalue weighted by Gasteiger charge is 1.74. The van der Waals surface area contributed by atoms with E-state index in [4.69, 9.17) is 17.2 Å². The highest BCUT2D eigenvalue weighted by molar-refractivity contribution is 5.75. The highest BCUT2D eigenvalue weighted by Crippen LogP contribution is 1.60. The maximum absolute atomic E-state index is 6.58. The molecule has 4 heteroatoms. The molecule has 0 rings (SSSR count). The first-order valence-electron chi connectivity index (χ1n) is 1.97. The van der Waals surface area contributed by atoms with Crippen LogP contribution in [0.3, 0.4) is 0 Å². The number of nitrogens with two attached hydrogens (primary N) is 2. The molecule has 1 radical (unpaired) electrons. The minimum Gasteiger partial charge on any atom is -0.370 e. The fraction of sp³-hybridized carbons (Fsp3) is 0.667. The Morgan fingerprint density at radius 2 is 2.14 bits per heavy atom. The van der Waals surface area contributed by atoms with Gasteiger partial charge in [-0.3, -0.25) is 10.7 Å². The van der Waals surface area contributed by atoms with Crippen LogP contribution in [0, 0.1) is 0 Å². The monoisotopic (exact) mass is 101 g/mol. The summed E-state index contributed by atoms with van der Waals surface area (Å²) in [6.45, 7) is 0.653. The fourth-order valence-corrected chi connectivity index (χ4v) is 0.185. The first-order chi connectivity index (χ1) is 3.27. The van der Waals surface area contributed by atoms with Crippen LogP contribution in [-0.2, 0) is 0 Å². The predicted octanol–water partition coefficient (Wildman–Crippen LogP) is -1.46. The third kappa shape index (κ3) is 5.23. The van der Waals surface area contributed by atoms with Crippen LogP contribution in [0.4, 0.5) is 0 Å². The van der Waals surface area contributed by atoms with Crippen LogP contribution in [0.25, 0.3) is 0 Å². The number of hydrogen-bond donors (Lipinski definition) is 2. The summed E-state index contributed by atoms with van der Waals surface area (Å²) in [4.78, 5) is 3.53. The zero-order valence-corrected chi connectivity index (χ0v) is 4.02. The van der Waals surface area contributed by atoms with E-state index in [1.54, 1.807) is 0 Å². The molecule has 41 valence electrons. The molecule has 0 unspecified atom stereocenters. The van der Waals surface area contributed by atoms with E-state index in [1.807, 2.05) is 0 Å². The Labute approximate surface area is 42.4 Å². The van der Waals surface area contributed by atoms with Gasteiger partial charge in [0.15, 0.2) is 5.96 Å². The van der Waals surface area contributed by atoms with E-state index in [-0.39, 0.29) is 12.5 Å². The maximum atomic E-state index is 6.58. The van der Waals surface area contributed by atoms with Crippen molar-refractivity contribution < 1.29 is 0 Å². The van der Waals surface area contributed by atoms with Gasteiger partial charge in [0, 0.05) is 6.54 Å². The van der Waals surface area contributed by atoms with Gasteiger partial charge in [-0.2, -0.15) is 0 Å². The minimum atomic E-state index is 0.0623. The van der Waals surface area contributed by atoms with Crippen LogP contribution in [0.15, 0.2) is 4.99 Å². The normalized spacial score (nSPS) is 8.14. The molecule has 0 saturated carbocycles. The van der Waals surface area contributed by atoms with Crippen molar-refractivity contribution in [3.8, 4) is 0 Å². The molecule has 7 heavy (non-hydrogen) atoms. The smallest absolute Gasteiger partial charge is 0.185 e. The largest absolute Gasteiger partial charge is 0.370 e. The first-order valence-corrected chi connectivity index (χ1v) is 1.97. The summed E-state index contributed by atoms with van der Waals surface area (Å²) in [6, 6.07) is 0. The number of nitrogens with one attached hydrogen (secondary N) is 1. The molecular formula is C3H9N4. The average Bonchev–Trinajstić information content (AvgIpc) is 1.61. The molecule has 0 spiro atoms. The summed E-state index contributed by atoms with van der Waals surface area (Å²) in [5.74, 6) is 0.0623. The third-order valence-corrected chi connectivity index (χ3v) is 0.406. The van der Waals surface area contributed by atoms with Crippen molar-refractivity contribution in [1.29, 1.82) is 0 Å². The fourth-order valence-electron chi connectivity index (χ4n) is 0.185. The topological polar surface area (TPSA) is 88.2 Å². The van der Waals surface area contributed by atoms with Gasteiger partial charge in [-0.1, -0.05) is 0 Å². The quantitative estimate of drug-likeness (QED) is 0.329. The average molecular weight is 101 g/mol. The molecule has 5 N–H and O–H groups in total. The third-order valence-electron chi connectivity index (χ3n) is 0.406. The van der Waals surface area contributed by atoms with Gasteiger partial charge in [-0.25, -0.2) is 0 Å². The van der Waals surface area contributed by atoms with Crippen LogP contribution in [0.5, 0.6) is 0 Å². The predicted molar refractivity (Wildman–Crippen MR) is 28.6 cm³/mol. The van der Waals surface area contributed by atoms with Crippen LogP contribution >= 0.6 is 0 Å². The summed E-state index contributed by atoms with van der Waals surface area (Å²) in [5.41, 5.74) is 16.4. The molecular weight excluding hydrogens is 92.1 g/mol. The lowest BCUT2D eigenvalue weighted by Gasteiger charge is -1.86. The van der Waals surface area contributed by atoms with Gasteiger partial charge in [0.2, 0.25) is 0 Å². The van der Waals surface area contributed by atoms with Crippen molar-refractivity contribution in [1.82, 2.24) is 5.73 Å². The van der Waals surface area contributed by atoms with E-state index in [1.165, 1.54) is 0 Å². The van der Waals surface area contributed by atoms with Crippen LogP contribution in [0.2, 0.25) is 0 Å². The Bertz CT molecular complexity index is 63.3. The lowest BCUT2D eigenvalue weighted by Crippen LogP contribution is -2.23. The lowest BCUT2D eigenvalue weighted by molar-refractivity contribution is 0.945. The molecule has 0 heterocycles. The van der Waals surface area contributed by atoms with Crippen molar-refractivity contribution in [2.45, 2.75) is 0 Å². The van der Waals surface area contributed by atoms with Gasteiger partial charge < -0.3 is 11.5 Å². The van der Waals surface area contributed by atoms with E-state index in [0.29, 0.717) is 6.54 Å². The van der Waals surface area contributed by atoms with Crippen molar-refractivity contribution in [2.24, 2.45) is 16.5 Å². The summed E-state index contributed by atoms with van der Waals surface area (Å²) in [5, 5.41) is 0. The molecule has 0 aromatic heterocycles. The minimum absolute atomic E-state index is 0.0623. The molecule has 0 amide bonds. The molecule has 0 atom stereocenters. The molecule has 4 nitrogen and oxygen atoms in total. The molecule has 0 aromatic rings. The summed E-state index contributed by atoms with van der Waals surface area (Å²) in [7, 11) is 0. The van der Waals surface area contributed by atoms with E-state index < -0.39 is 0 Å². The Balaban J connectivity index is 3.08. The molecule has 0 saturated heterocycles. The van der Waals surface area contributed by atoms with E-state index in [9.17, 15) is 0 Å². The molecule has 0 aliphatic rings. The van der Waals surface area contributed by atoms with E-state index in [0.717, 1.165) is 0 Å². The summed E-state index contributed by atoms with van der Waals surface area (Å²) in [6.07, 6.45) is 0. The number of aliphatic imine (C=N–C) groups is 1. The number of guanidine groups is 1. The molecule has 0 aromatic carbocycles. The number of rotatable bonds is 2. The van der Waals surface area contributed by atoms with Gasteiger partial charge in [-0.15, -0.1) is 0 Å². The second-order valence-corrected chi connectivity index (χ2v) is 1.06. The molecule has 0 bridgehead atoms. The standard InChI is InChI=1S/C3H9N4/c4-1-2-7-3(5)6/h4H,1-2H2,(H4,5,6,7). The second kappa shape index (κ2) is 3.42. The first kappa shape index (κ1) is 6.23. The van der Waals surface area contributed by atoms with Gasteiger partial charge in [0.1, 0.15) is 0 Å². The summed E-state index contributed by atoms with van der Waals surface area (Å²) < 4.78 is 0. The summed E-state index contributed by atoms with van der Waals surface area (Å²) >= 11 is 0. The van der Waals surface area contributed by atoms with Crippen LogP contribution in [0.1, 0.15) is 0 Å². The van der Waals surface area contributed by atoms with Gasteiger partial charge in [0.25, 0.3) is 0 Å². The van der Waals surface area contributed by atoms with Crippen molar-refractivity contribution in [3.05, 3.63) is 0 Å². The lowest BCUT2D eigenvalue weighted by atomic mass is 10.7. The van der Waals surface area contributed by atoms with Crippen LogP contribution in [-0.4, -0.2) is 19.0 Å². The molecule has 0 aliphatic heterocycles. The van der Waals surface area contributed by atoms with Crippen molar-refractivity contribution in [2.75, 3.05) is 13.1 Å². The Morgan fingerprint density at radius 1 is 1.57 bits per heavy atom. The Morgan fingerprint density at radius 3 is 2.29 bits per heavy atom. The van der Waals surface area contributed by atoms with Gasteiger partial charge in [-0.05, 0) is 0 Å². The Kier molecular flexibility index (Phi) is 3.04. The van der Waals surface area contributed by atoms with Crippen LogP contribution < -0.4 is 17.2 Å². The zero-order chi connectivity index (χ0) is 5.70. The SMILES string of the molecule is [NH]CCN=C(N)N. The van der Waals surface area contributed by atoms with Gasteiger partial charge in [0.05, 0.1) is 6.54 Å². The Hall–Kier alpha value is -0.770. The maximum Gasteiger partial charge on any atom is 0.185 e. The molecule has 0 fully saturated rings. The number of hydrogen-bond acceptors (Lipinski definition) is 1. The number of nitrogens with zero attached hydrogens (tertiary/aromatic N) is 1. The van der Waals surface area contributed by atoms with Crippen molar-refractivity contribution >= 4 is 5.96 Å².